The molecule has 2 N–H and O–H groups in total. The van der Waals surface area contributed by atoms with E-state index in [0.29, 0.717) is 22.9 Å². The van der Waals surface area contributed by atoms with E-state index < -0.39 is 0 Å². The number of methoxy groups -OCH3 is 1. The van der Waals surface area contributed by atoms with Crippen LogP contribution in [0, 0.1) is 0 Å². The second kappa shape index (κ2) is 11.2. The van der Waals surface area contributed by atoms with Crippen LogP contribution in [0.5, 0.6) is 17.2 Å². The first-order valence-electron chi connectivity index (χ1n) is 14.8. The molecule has 8 bridgehead atoms. The summed E-state index contributed by atoms with van der Waals surface area (Å²) in [5.41, 5.74) is 11.1. The summed E-state index contributed by atoms with van der Waals surface area (Å²) >= 11 is 0. The maximum absolute atomic E-state index is 6.59. The van der Waals surface area contributed by atoms with Gasteiger partial charge < -0.3 is 19.4 Å². The standard InChI is InChI=1S/C39H28N4O2/c1-44-29-14-16-30(17-15-29)45-39-35-22-20-33(42-35)37(25-8-4-2-5-9-25)31-18-12-27(40-31)24-28-13-19-32(41-28)38(26-10-6-3-7-11-26)34-21-23-36(39)43-34/h2-24,40-41H,1H3. The van der Waals surface area contributed by atoms with E-state index in [1.165, 1.54) is 0 Å². The first kappa shape index (κ1) is 26.5. The molecule has 3 aromatic heterocycles. The Labute approximate surface area is 260 Å². The van der Waals surface area contributed by atoms with Crippen molar-refractivity contribution >= 4 is 46.4 Å². The Morgan fingerprint density at radius 3 is 1.44 bits per heavy atom. The van der Waals surface area contributed by atoms with Crippen molar-refractivity contribution in [1.29, 1.82) is 0 Å². The molecule has 6 heteroatoms. The summed E-state index contributed by atoms with van der Waals surface area (Å²) in [5.74, 6) is 1.98. The third kappa shape index (κ3) is 5.08. The first-order valence-corrected chi connectivity index (χ1v) is 14.8. The van der Waals surface area contributed by atoms with Gasteiger partial charge in [-0.25, -0.2) is 9.97 Å². The van der Waals surface area contributed by atoms with Crippen LogP contribution in [0.4, 0.5) is 0 Å². The fourth-order valence-corrected chi connectivity index (χ4v) is 5.80. The molecule has 0 aliphatic carbocycles. The summed E-state index contributed by atoms with van der Waals surface area (Å²) < 4.78 is 12.0. The van der Waals surface area contributed by atoms with Crippen molar-refractivity contribution in [2.24, 2.45) is 0 Å². The quantitative estimate of drug-likeness (QED) is 0.211. The van der Waals surface area contributed by atoms with Crippen molar-refractivity contribution in [1.82, 2.24) is 19.9 Å². The van der Waals surface area contributed by atoms with E-state index >= 15 is 0 Å². The molecular weight excluding hydrogens is 556 g/mol. The fourth-order valence-electron chi connectivity index (χ4n) is 5.80. The number of aromatic nitrogens is 4. The van der Waals surface area contributed by atoms with E-state index in [0.717, 1.165) is 61.5 Å². The van der Waals surface area contributed by atoms with Crippen LogP contribution >= 0.6 is 0 Å². The van der Waals surface area contributed by atoms with Crippen LogP contribution in [0.1, 0.15) is 22.8 Å². The van der Waals surface area contributed by atoms with Crippen LogP contribution in [0.25, 0.3) is 68.6 Å². The molecule has 0 amide bonds. The molecule has 216 valence electrons. The normalized spacial score (nSPS) is 11.9. The molecule has 0 atom stereocenters. The van der Waals surface area contributed by atoms with Crippen LogP contribution in [-0.2, 0) is 0 Å². The highest BCUT2D eigenvalue weighted by atomic mass is 16.5. The summed E-state index contributed by atoms with van der Waals surface area (Å²) in [6.45, 7) is 0. The van der Waals surface area contributed by atoms with Crippen LogP contribution in [0.2, 0.25) is 0 Å². The number of hydrogen-bond donors (Lipinski definition) is 2. The SMILES string of the molecule is COc1ccc(Oc2c3nc(c(-c4ccccc4)c4ccc(cc5ccc([nH]5)c(-c5ccccc5)c5nc2C=C5)[nH]4)C=C3)cc1. The maximum Gasteiger partial charge on any atom is 0.178 e. The lowest BCUT2D eigenvalue weighted by Gasteiger charge is -2.09. The Hall–Kier alpha value is -6.14. The Balaban J connectivity index is 1.47. The Morgan fingerprint density at radius 1 is 0.489 bits per heavy atom. The van der Waals surface area contributed by atoms with E-state index in [1.54, 1.807) is 7.11 Å². The van der Waals surface area contributed by atoms with Gasteiger partial charge in [-0.2, -0.15) is 0 Å². The van der Waals surface area contributed by atoms with Gasteiger partial charge in [-0.15, -0.1) is 0 Å². The summed E-state index contributed by atoms with van der Waals surface area (Å²) in [6.07, 6.45) is 8.08. The molecule has 6 nitrogen and oxygen atoms in total. The number of fused-ring (bicyclic) bond motifs is 8. The molecule has 45 heavy (non-hydrogen) atoms. The van der Waals surface area contributed by atoms with Gasteiger partial charge in [0.1, 0.15) is 22.9 Å². The number of H-pyrrole nitrogens is 2. The average molecular weight is 585 g/mol. The lowest BCUT2D eigenvalue weighted by Crippen LogP contribution is -1.93. The smallest absolute Gasteiger partial charge is 0.178 e. The van der Waals surface area contributed by atoms with Gasteiger partial charge in [0.25, 0.3) is 0 Å². The van der Waals surface area contributed by atoms with E-state index in [-0.39, 0.29) is 0 Å². The summed E-state index contributed by atoms with van der Waals surface area (Å²) in [7, 11) is 1.65. The summed E-state index contributed by atoms with van der Waals surface area (Å²) in [5, 5.41) is 0. The van der Waals surface area contributed by atoms with Crippen molar-refractivity contribution in [3.8, 4) is 39.5 Å². The number of rotatable bonds is 5. The van der Waals surface area contributed by atoms with Crippen molar-refractivity contribution in [2.75, 3.05) is 7.11 Å². The van der Waals surface area contributed by atoms with Crippen LogP contribution in [0.3, 0.4) is 0 Å². The minimum Gasteiger partial charge on any atom is -0.497 e. The topological polar surface area (TPSA) is 75.8 Å². The van der Waals surface area contributed by atoms with Crippen molar-refractivity contribution in [3.63, 3.8) is 0 Å². The number of ether oxygens (including phenoxy) is 2. The molecule has 0 saturated heterocycles. The van der Waals surface area contributed by atoms with E-state index in [1.807, 2.05) is 85.0 Å². The van der Waals surface area contributed by atoms with Crippen LogP contribution in [0.15, 0.2) is 115 Å². The molecule has 3 aromatic carbocycles. The maximum atomic E-state index is 6.59. The van der Waals surface area contributed by atoms with Gasteiger partial charge in [0.2, 0.25) is 0 Å². The summed E-state index contributed by atoms with van der Waals surface area (Å²) in [4.78, 5) is 17.6. The van der Waals surface area contributed by atoms with E-state index in [2.05, 4.69) is 64.6 Å². The Kier molecular flexibility index (Phi) is 6.57. The van der Waals surface area contributed by atoms with Gasteiger partial charge in [-0.05, 0) is 90.0 Å². The summed E-state index contributed by atoms with van der Waals surface area (Å²) in [6, 6.07) is 38.7. The van der Waals surface area contributed by atoms with Crippen LogP contribution in [-0.4, -0.2) is 27.0 Å². The zero-order valence-electron chi connectivity index (χ0n) is 24.5. The van der Waals surface area contributed by atoms with Crippen LogP contribution < -0.4 is 9.47 Å². The molecule has 2 aliphatic heterocycles. The molecule has 8 rings (SSSR count). The highest BCUT2D eigenvalue weighted by Crippen LogP contribution is 2.37. The highest BCUT2D eigenvalue weighted by molar-refractivity contribution is 5.94. The Bertz CT molecular complexity index is 2130. The number of hydrogen-bond acceptors (Lipinski definition) is 4. The zero-order chi connectivity index (χ0) is 30.2. The minimum absolute atomic E-state index is 0.567. The third-order valence-corrected chi connectivity index (χ3v) is 7.93. The second-order valence-corrected chi connectivity index (χ2v) is 10.8. The molecular formula is C39H28N4O2. The predicted molar refractivity (Wildman–Crippen MR) is 183 cm³/mol. The Morgan fingerprint density at radius 2 is 0.956 bits per heavy atom. The van der Waals surface area contributed by atoms with Gasteiger partial charge in [-0.1, -0.05) is 60.7 Å². The van der Waals surface area contributed by atoms with Crippen molar-refractivity contribution < 1.29 is 9.47 Å². The fraction of sp³-hybridized carbons (Fsp3) is 0.0256. The van der Waals surface area contributed by atoms with Gasteiger partial charge in [0.15, 0.2) is 5.75 Å². The lowest BCUT2D eigenvalue weighted by molar-refractivity contribution is 0.412. The highest BCUT2D eigenvalue weighted by Gasteiger charge is 2.19. The van der Waals surface area contributed by atoms with Gasteiger partial charge in [-0.3, -0.25) is 0 Å². The van der Waals surface area contributed by atoms with E-state index in [9.17, 15) is 0 Å². The van der Waals surface area contributed by atoms with Crippen molar-refractivity contribution in [2.45, 2.75) is 0 Å². The number of nitrogens with one attached hydrogen (secondary N) is 2. The average Bonchev–Trinajstić information content (AvgIpc) is 3.91. The van der Waals surface area contributed by atoms with E-state index in [4.69, 9.17) is 19.4 Å². The predicted octanol–water partition coefficient (Wildman–Crippen LogP) is 9.79. The first-order chi connectivity index (χ1) is 22.2. The number of nitrogens with zero attached hydrogens (tertiary/aromatic N) is 2. The molecule has 2 aliphatic rings. The molecule has 0 spiro atoms. The minimum atomic E-state index is 0.567. The van der Waals surface area contributed by atoms with Gasteiger partial charge >= 0.3 is 0 Å². The third-order valence-electron chi connectivity index (χ3n) is 7.93. The zero-order valence-corrected chi connectivity index (χ0v) is 24.5. The number of benzene rings is 3. The molecule has 0 fully saturated rings. The van der Waals surface area contributed by atoms with Crippen molar-refractivity contribution in [3.05, 3.63) is 138 Å². The largest absolute Gasteiger partial charge is 0.497 e. The second-order valence-electron chi connectivity index (χ2n) is 10.8. The molecule has 0 radical (unpaired) electrons. The molecule has 6 aromatic rings. The molecule has 0 saturated carbocycles. The van der Waals surface area contributed by atoms with Gasteiger partial charge in [0, 0.05) is 33.2 Å². The van der Waals surface area contributed by atoms with Gasteiger partial charge in [0.05, 0.1) is 18.5 Å². The monoisotopic (exact) mass is 584 g/mol. The number of aromatic amines is 2. The molecule has 0 unspecified atom stereocenters. The lowest BCUT2D eigenvalue weighted by atomic mass is 10.0. The molecule has 5 heterocycles.